The Morgan fingerprint density at radius 3 is 3.00 bits per heavy atom. The van der Waals surface area contributed by atoms with E-state index in [1.165, 1.54) is 11.1 Å². The zero-order valence-corrected chi connectivity index (χ0v) is 16.8. The van der Waals surface area contributed by atoms with Crippen LogP contribution in [0.5, 0.6) is 11.6 Å². The molecule has 0 radical (unpaired) electrons. The van der Waals surface area contributed by atoms with Gasteiger partial charge < -0.3 is 14.2 Å². The molecule has 6 heteroatoms. The third-order valence-corrected chi connectivity index (χ3v) is 5.74. The first-order chi connectivity index (χ1) is 13.5. The molecule has 2 aliphatic rings. The molecule has 2 aliphatic heterocycles. The summed E-state index contributed by atoms with van der Waals surface area (Å²) in [7, 11) is 0. The highest BCUT2D eigenvalue weighted by atomic mass is 16.5. The van der Waals surface area contributed by atoms with Crippen molar-refractivity contribution in [3.8, 4) is 11.6 Å². The third-order valence-electron chi connectivity index (χ3n) is 5.74. The number of aryl methyl sites for hydroxylation is 1. The molecule has 0 N–H and O–H groups in total. The highest BCUT2D eigenvalue weighted by Crippen LogP contribution is 2.39. The van der Waals surface area contributed by atoms with Gasteiger partial charge in [-0.15, -0.1) is 0 Å². The Kier molecular flexibility index (Phi) is 5.40. The van der Waals surface area contributed by atoms with Crippen LogP contribution in [0.25, 0.3) is 0 Å². The van der Waals surface area contributed by atoms with Crippen molar-refractivity contribution in [2.75, 3.05) is 19.8 Å². The van der Waals surface area contributed by atoms with E-state index in [-0.39, 0.29) is 23.7 Å². The van der Waals surface area contributed by atoms with E-state index < -0.39 is 0 Å². The Balaban J connectivity index is 1.37. The number of aromatic nitrogens is 2. The second-order valence-corrected chi connectivity index (χ2v) is 7.80. The Hall–Kier alpha value is -2.34. The summed E-state index contributed by atoms with van der Waals surface area (Å²) in [4.78, 5) is 12.8. The summed E-state index contributed by atoms with van der Waals surface area (Å²) in [5.74, 6) is 2.10. The normalized spacial score (nSPS) is 22.9. The predicted octanol–water partition coefficient (Wildman–Crippen LogP) is 3.76. The Bertz CT molecular complexity index is 837. The molecular weight excluding hydrogens is 356 g/mol. The van der Waals surface area contributed by atoms with Crippen LogP contribution in [0.2, 0.25) is 0 Å². The van der Waals surface area contributed by atoms with Crippen molar-refractivity contribution >= 4 is 5.78 Å². The molecule has 0 aliphatic carbocycles. The van der Waals surface area contributed by atoms with E-state index in [2.05, 4.69) is 31.1 Å². The summed E-state index contributed by atoms with van der Waals surface area (Å²) in [6.45, 7) is 8.86. The first-order valence-corrected chi connectivity index (χ1v) is 10.1. The largest absolute Gasteiger partial charge is 0.493 e. The zero-order chi connectivity index (χ0) is 19.7. The molecule has 6 nitrogen and oxygen atoms in total. The second-order valence-electron chi connectivity index (χ2n) is 7.80. The fraction of sp³-hybridized carbons (Fsp3) is 0.545. The van der Waals surface area contributed by atoms with Crippen molar-refractivity contribution in [3.05, 3.63) is 41.1 Å². The number of ketones is 1. The minimum Gasteiger partial charge on any atom is -0.493 e. The second kappa shape index (κ2) is 7.95. The van der Waals surface area contributed by atoms with Crippen molar-refractivity contribution < 1.29 is 19.0 Å². The van der Waals surface area contributed by atoms with Crippen molar-refractivity contribution in [1.82, 2.24) is 9.78 Å². The van der Waals surface area contributed by atoms with Gasteiger partial charge >= 0.3 is 0 Å². The molecular formula is C22H28N2O4. The van der Waals surface area contributed by atoms with E-state index >= 15 is 0 Å². The molecule has 1 aromatic carbocycles. The van der Waals surface area contributed by atoms with Crippen LogP contribution in [0.4, 0.5) is 0 Å². The van der Waals surface area contributed by atoms with Crippen molar-refractivity contribution in [2.45, 2.75) is 52.2 Å². The summed E-state index contributed by atoms with van der Waals surface area (Å²) in [5.41, 5.74) is 2.89. The average molecular weight is 384 g/mol. The first-order valence-electron chi connectivity index (χ1n) is 10.1. The predicted molar refractivity (Wildman–Crippen MR) is 105 cm³/mol. The Labute approximate surface area is 165 Å². The molecule has 0 bridgehead atoms. The molecule has 0 amide bonds. The minimum atomic E-state index is 0.0490. The Morgan fingerprint density at radius 1 is 1.36 bits per heavy atom. The number of ether oxygens (including phenoxy) is 3. The van der Waals surface area contributed by atoms with E-state index in [0.29, 0.717) is 44.4 Å². The van der Waals surface area contributed by atoms with Crippen molar-refractivity contribution in [3.63, 3.8) is 0 Å². The Morgan fingerprint density at radius 2 is 2.21 bits per heavy atom. The maximum Gasteiger partial charge on any atom is 0.212 e. The third kappa shape index (κ3) is 3.78. The standard InChI is InChI=1S/C22H28N2O4/c1-4-26-8-7-17-12-24-22(28-17)11-19(23-24)20(25)10-16-13-27-21-6-5-14(2)9-18(21)15(16)3/h5-6,9,11,15-17H,4,7-8,10,12-13H2,1-3H3. The van der Waals surface area contributed by atoms with Crippen molar-refractivity contribution in [1.29, 1.82) is 0 Å². The number of carbonyl (C=O) groups is 1. The van der Waals surface area contributed by atoms with Crippen LogP contribution in [0.15, 0.2) is 24.3 Å². The number of hydrogen-bond donors (Lipinski definition) is 0. The topological polar surface area (TPSA) is 62.6 Å². The van der Waals surface area contributed by atoms with E-state index in [0.717, 1.165) is 12.2 Å². The zero-order valence-electron chi connectivity index (χ0n) is 16.8. The van der Waals surface area contributed by atoms with Gasteiger partial charge in [0.25, 0.3) is 0 Å². The molecule has 0 saturated heterocycles. The monoisotopic (exact) mass is 384 g/mol. The smallest absolute Gasteiger partial charge is 0.212 e. The van der Waals surface area contributed by atoms with Gasteiger partial charge in [0.1, 0.15) is 17.5 Å². The summed E-state index contributed by atoms with van der Waals surface area (Å²) >= 11 is 0. The lowest BCUT2D eigenvalue weighted by Gasteiger charge is -2.31. The fourth-order valence-electron chi connectivity index (χ4n) is 4.00. The summed E-state index contributed by atoms with van der Waals surface area (Å²) in [5, 5.41) is 4.48. The lowest BCUT2D eigenvalue weighted by Crippen LogP contribution is -2.27. The number of hydrogen-bond acceptors (Lipinski definition) is 5. The number of fused-ring (bicyclic) bond motifs is 2. The van der Waals surface area contributed by atoms with Gasteiger partial charge in [0, 0.05) is 31.4 Å². The summed E-state index contributed by atoms with van der Waals surface area (Å²) in [6.07, 6.45) is 1.33. The molecule has 4 rings (SSSR count). The fourth-order valence-corrected chi connectivity index (χ4v) is 4.00. The quantitative estimate of drug-likeness (QED) is 0.537. The van der Waals surface area contributed by atoms with Crippen LogP contribution in [0, 0.1) is 12.8 Å². The van der Waals surface area contributed by atoms with E-state index in [1.807, 2.05) is 13.0 Å². The van der Waals surface area contributed by atoms with Gasteiger partial charge in [0.2, 0.25) is 5.88 Å². The van der Waals surface area contributed by atoms with Gasteiger partial charge in [-0.3, -0.25) is 4.79 Å². The van der Waals surface area contributed by atoms with Crippen molar-refractivity contribution in [2.24, 2.45) is 5.92 Å². The average Bonchev–Trinajstić information content (AvgIpc) is 3.23. The molecule has 0 spiro atoms. The molecule has 28 heavy (non-hydrogen) atoms. The van der Waals surface area contributed by atoms with Gasteiger partial charge in [-0.1, -0.05) is 24.6 Å². The van der Waals surface area contributed by atoms with Gasteiger partial charge in [-0.25, -0.2) is 4.68 Å². The van der Waals surface area contributed by atoms with Crippen LogP contribution < -0.4 is 9.47 Å². The number of nitrogens with zero attached hydrogens (tertiary/aromatic N) is 2. The molecule has 2 aromatic rings. The minimum absolute atomic E-state index is 0.0490. The summed E-state index contributed by atoms with van der Waals surface area (Å²) in [6, 6.07) is 8.03. The highest BCUT2D eigenvalue weighted by molar-refractivity contribution is 5.94. The molecule has 1 aromatic heterocycles. The molecule has 0 fully saturated rings. The lowest BCUT2D eigenvalue weighted by molar-refractivity contribution is 0.0910. The van der Waals surface area contributed by atoms with E-state index in [1.54, 1.807) is 10.7 Å². The molecule has 3 heterocycles. The number of carbonyl (C=O) groups excluding carboxylic acids is 1. The van der Waals surface area contributed by atoms with Crippen LogP contribution in [-0.4, -0.2) is 41.5 Å². The van der Waals surface area contributed by atoms with E-state index in [9.17, 15) is 4.79 Å². The number of Topliss-reactive ketones (excluding diaryl/α,β-unsaturated/α-hetero) is 1. The van der Waals surface area contributed by atoms with Crippen LogP contribution in [0.1, 0.15) is 54.2 Å². The van der Waals surface area contributed by atoms with Crippen LogP contribution in [0.3, 0.4) is 0 Å². The SMILES string of the molecule is CCOCCC1Cn2nc(C(=O)CC3COc4ccc(C)cc4C3C)cc2O1. The molecule has 0 saturated carbocycles. The van der Waals surface area contributed by atoms with Crippen LogP contribution >= 0.6 is 0 Å². The molecule has 150 valence electrons. The first kappa shape index (κ1) is 19.0. The maximum absolute atomic E-state index is 12.8. The van der Waals surface area contributed by atoms with E-state index in [4.69, 9.17) is 14.2 Å². The number of benzene rings is 1. The van der Waals surface area contributed by atoms with Gasteiger partial charge in [0.15, 0.2) is 5.78 Å². The van der Waals surface area contributed by atoms with Gasteiger partial charge in [0.05, 0.1) is 19.8 Å². The number of rotatable bonds is 7. The van der Waals surface area contributed by atoms with Gasteiger partial charge in [-0.2, -0.15) is 5.10 Å². The summed E-state index contributed by atoms with van der Waals surface area (Å²) < 4.78 is 19.0. The molecule has 3 atom stereocenters. The van der Waals surface area contributed by atoms with Gasteiger partial charge in [-0.05, 0) is 31.4 Å². The molecule has 3 unspecified atom stereocenters. The maximum atomic E-state index is 12.8. The van der Waals surface area contributed by atoms with Crippen LogP contribution in [-0.2, 0) is 11.3 Å². The lowest BCUT2D eigenvalue weighted by atomic mass is 9.82. The highest BCUT2D eigenvalue weighted by Gasteiger charge is 2.32.